The van der Waals surface area contributed by atoms with E-state index in [2.05, 4.69) is 21.0 Å². The number of halogens is 1. The predicted molar refractivity (Wildman–Crippen MR) is 142 cm³/mol. The lowest BCUT2D eigenvalue weighted by atomic mass is 10.2. The molecule has 4 aromatic rings. The van der Waals surface area contributed by atoms with Gasteiger partial charge in [0.25, 0.3) is 5.56 Å². The Morgan fingerprint density at radius 3 is 2.58 bits per heavy atom. The summed E-state index contributed by atoms with van der Waals surface area (Å²) in [6, 6.07) is 20.0. The summed E-state index contributed by atoms with van der Waals surface area (Å²) >= 11 is 3.48. The number of nitrogens with zero attached hydrogens (tertiary/aromatic N) is 3. The number of benzene rings is 3. The summed E-state index contributed by atoms with van der Waals surface area (Å²) in [7, 11) is 1.50. The van der Waals surface area contributed by atoms with Crippen molar-refractivity contribution in [1.29, 1.82) is 0 Å². The van der Waals surface area contributed by atoms with Crippen LogP contribution in [0.4, 0.5) is 0 Å². The molecule has 1 atom stereocenters. The molecule has 0 spiro atoms. The van der Waals surface area contributed by atoms with E-state index in [1.165, 1.54) is 18.0 Å². The Morgan fingerprint density at radius 2 is 1.86 bits per heavy atom. The largest absolute Gasteiger partial charge is 0.493 e. The second-order valence-electron chi connectivity index (χ2n) is 7.73. The molecule has 9 heteroatoms. The minimum Gasteiger partial charge on any atom is -0.493 e. The van der Waals surface area contributed by atoms with E-state index in [0.717, 1.165) is 5.56 Å². The fourth-order valence-electron chi connectivity index (χ4n) is 3.54. The maximum absolute atomic E-state index is 13.3. The number of ether oxygens (including phenoxy) is 3. The van der Waals surface area contributed by atoms with Crippen LogP contribution < -0.4 is 15.0 Å². The maximum Gasteiger partial charge on any atom is 0.347 e. The van der Waals surface area contributed by atoms with Crippen molar-refractivity contribution in [3.8, 4) is 22.9 Å². The minimum absolute atomic E-state index is 0.258. The zero-order valence-corrected chi connectivity index (χ0v) is 21.6. The number of fused-ring (bicyclic) bond motifs is 1. The third kappa shape index (κ3) is 5.31. The molecule has 0 radical (unpaired) electrons. The number of rotatable bonds is 8. The first-order chi connectivity index (χ1) is 17.4. The second kappa shape index (κ2) is 11.2. The molecule has 8 nitrogen and oxygen atoms in total. The van der Waals surface area contributed by atoms with Crippen LogP contribution >= 0.6 is 15.9 Å². The number of methoxy groups -OCH3 is 1. The highest BCUT2D eigenvalue weighted by atomic mass is 79.9. The summed E-state index contributed by atoms with van der Waals surface area (Å²) in [6.07, 6.45) is 0.709. The van der Waals surface area contributed by atoms with E-state index in [-0.39, 0.29) is 12.2 Å². The molecule has 0 N–H and O–H groups in total. The first-order valence-corrected chi connectivity index (χ1v) is 12.0. The van der Waals surface area contributed by atoms with Crippen LogP contribution in [0, 0.1) is 0 Å². The van der Waals surface area contributed by atoms with Crippen molar-refractivity contribution in [3.63, 3.8) is 0 Å². The first-order valence-electron chi connectivity index (χ1n) is 11.2. The van der Waals surface area contributed by atoms with E-state index in [1.807, 2.05) is 36.4 Å². The normalized spacial score (nSPS) is 12.0. The lowest BCUT2D eigenvalue weighted by Gasteiger charge is -2.17. The summed E-state index contributed by atoms with van der Waals surface area (Å²) in [4.78, 5) is 30.0. The zero-order chi connectivity index (χ0) is 25.7. The molecule has 0 amide bonds. The Morgan fingerprint density at radius 1 is 1.14 bits per heavy atom. The third-order valence-electron chi connectivity index (χ3n) is 5.27. The van der Waals surface area contributed by atoms with Crippen LogP contribution in [-0.2, 0) is 9.53 Å². The van der Waals surface area contributed by atoms with Crippen LogP contribution in [0.2, 0.25) is 0 Å². The molecule has 4 rings (SSSR count). The number of aromatic nitrogens is 2. The molecule has 1 aromatic heterocycles. The number of hydrogen-bond donors (Lipinski definition) is 0. The third-order valence-corrected chi connectivity index (χ3v) is 5.86. The SMILES string of the molecule is CCOC(=O)[C@H](C)Oc1c(Br)cc(C=Nn2c(-c3ccccc3)nc3ccccc3c2=O)cc1OC. The summed E-state index contributed by atoms with van der Waals surface area (Å²) in [5, 5.41) is 4.95. The van der Waals surface area contributed by atoms with Gasteiger partial charge in [0.1, 0.15) is 0 Å². The number of carbonyl (C=O) groups excluding carboxylic acids is 1. The van der Waals surface area contributed by atoms with Gasteiger partial charge in [0.05, 0.1) is 35.3 Å². The Bertz CT molecular complexity index is 1480. The van der Waals surface area contributed by atoms with E-state index in [4.69, 9.17) is 19.2 Å². The van der Waals surface area contributed by atoms with Gasteiger partial charge < -0.3 is 14.2 Å². The fraction of sp³-hybridized carbons (Fsp3) is 0.185. The lowest BCUT2D eigenvalue weighted by Crippen LogP contribution is -2.26. The molecular formula is C27H24BrN3O5. The van der Waals surface area contributed by atoms with Crippen molar-refractivity contribution in [1.82, 2.24) is 9.66 Å². The number of para-hydroxylation sites is 1. The van der Waals surface area contributed by atoms with E-state index in [9.17, 15) is 9.59 Å². The molecule has 0 bridgehead atoms. The van der Waals surface area contributed by atoms with Crippen molar-refractivity contribution in [2.75, 3.05) is 13.7 Å². The predicted octanol–water partition coefficient (Wildman–Crippen LogP) is 5.05. The Balaban J connectivity index is 1.75. The van der Waals surface area contributed by atoms with E-state index in [0.29, 0.717) is 38.3 Å². The van der Waals surface area contributed by atoms with Gasteiger partial charge in [0.15, 0.2) is 23.4 Å². The van der Waals surface area contributed by atoms with Crippen LogP contribution in [0.3, 0.4) is 0 Å². The molecule has 0 saturated heterocycles. The van der Waals surface area contributed by atoms with Gasteiger partial charge in [-0.1, -0.05) is 42.5 Å². The zero-order valence-electron chi connectivity index (χ0n) is 20.0. The molecular weight excluding hydrogens is 526 g/mol. The number of esters is 1. The van der Waals surface area contributed by atoms with Crippen molar-refractivity contribution in [2.24, 2.45) is 5.10 Å². The van der Waals surface area contributed by atoms with Gasteiger partial charge in [-0.25, -0.2) is 9.78 Å². The Hall–Kier alpha value is -3.98. The lowest BCUT2D eigenvalue weighted by molar-refractivity contribution is -0.150. The van der Waals surface area contributed by atoms with Gasteiger partial charge in [-0.2, -0.15) is 9.78 Å². The average molecular weight is 550 g/mol. The molecule has 0 aliphatic rings. The van der Waals surface area contributed by atoms with Crippen LogP contribution in [0.15, 0.2) is 81.1 Å². The van der Waals surface area contributed by atoms with Crippen LogP contribution in [0.1, 0.15) is 19.4 Å². The Labute approximate surface area is 216 Å². The van der Waals surface area contributed by atoms with Crippen molar-refractivity contribution >= 4 is 39.0 Å². The summed E-state index contributed by atoms with van der Waals surface area (Å²) < 4.78 is 18.1. The van der Waals surface area contributed by atoms with Crippen molar-refractivity contribution < 1.29 is 19.0 Å². The monoisotopic (exact) mass is 549 g/mol. The molecule has 36 heavy (non-hydrogen) atoms. The van der Waals surface area contributed by atoms with E-state index < -0.39 is 12.1 Å². The first kappa shape index (κ1) is 25.1. The molecule has 0 fully saturated rings. The molecule has 0 aliphatic heterocycles. The molecule has 0 unspecified atom stereocenters. The van der Waals surface area contributed by atoms with Gasteiger partial charge in [-0.15, -0.1) is 0 Å². The van der Waals surface area contributed by atoms with Gasteiger partial charge in [0, 0.05) is 5.56 Å². The molecule has 0 saturated carbocycles. The quantitative estimate of drug-likeness (QED) is 0.225. The summed E-state index contributed by atoms with van der Waals surface area (Å²) in [5.41, 5.74) is 1.70. The number of hydrogen-bond acceptors (Lipinski definition) is 7. The standard InChI is InChI=1S/C27H24BrN3O5/c1-4-35-27(33)17(2)36-24-21(28)14-18(15-23(24)34-3)16-29-31-25(19-10-6-5-7-11-19)30-22-13-9-8-12-20(22)26(31)32/h5-17H,4H2,1-3H3/t17-/m0/s1. The molecule has 184 valence electrons. The second-order valence-corrected chi connectivity index (χ2v) is 8.58. The van der Waals surface area contributed by atoms with Gasteiger partial charge >= 0.3 is 5.97 Å². The smallest absolute Gasteiger partial charge is 0.347 e. The van der Waals surface area contributed by atoms with E-state index >= 15 is 0 Å². The maximum atomic E-state index is 13.3. The van der Waals surface area contributed by atoms with Crippen molar-refractivity contribution in [2.45, 2.75) is 20.0 Å². The minimum atomic E-state index is -0.828. The molecule has 3 aromatic carbocycles. The van der Waals surface area contributed by atoms with Crippen LogP contribution in [0.25, 0.3) is 22.3 Å². The highest BCUT2D eigenvalue weighted by molar-refractivity contribution is 9.10. The number of carbonyl (C=O) groups is 1. The van der Waals surface area contributed by atoms with Crippen LogP contribution in [0.5, 0.6) is 11.5 Å². The van der Waals surface area contributed by atoms with Crippen molar-refractivity contribution in [3.05, 3.63) is 87.1 Å². The van der Waals surface area contributed by atoms with Crippen LogP contribution in [-0.4, -0.2) is 41.7 Å². The Kier molecular flexibility index (Phi) is 7.80. The molecule has 1 heterocycles. The summed E-state index contributed by atoms with van der Waals surface area (Å²) in [6.45, 7) is 3.59. The average Bonchev–Trinajstić information content (AvgIpc) is 2.89. The van der Waals surface area contributed by atoms with Gasteiger partial charge in [-0.05, 0) is 59.6 Å². The molecule has 0 aliphatic carbocycles. The highest BCUT2D eigenvalue weighted by Crippen LogP contribution is 2.37. The highest BCUT2D eigenvalue weighted by Gasteiger charge is 2.20. The van der Waals surface area contributed by atoms with Gasteiger partial charge in [-0.3, -0.25) is 4.79 Å². The topological polar surface area (TPSA) is 92.0 Å². The fourth-order valence-corrected chi connectivity index (χ4v) is 4.10. The van der Waals surface area contributed by atoms with E-state index in [1.54, 1.807) is 44.2 Å². The summed E-state index contributed by atoms with van der Waals surface area (Å²) in [5.74, 6) is 0.678. The van der Waals surface area contributed by atoms with Gasteiger partial charge in [0.2, 0.25) is 0 Å².